The number of carbonyl (C=O) groups excluding carboxylic acids is 1. The molecule has 2 rings (SSSR count). The number of hydrogen-bond donors (Lipinski definition) is 2. The lowest BCUT2D eigenvalue weighted by molar-refractivity contribution is -0.0605. The maximum absolute atomic E-state index is 11.9. The van der Waals surface area contributed by atoms with Gasteiger partial charge in [-0.1, -0.05) is 6.07 Å². The van der Waals surface area contributed by atoms with Gasteiger partial charge in [0, 0.05) is 38.3 Å². The van der Waals surface area contributed by atoms with E-state index in [9.17, 15) is 9.90 Å². The van der Waals surface area contributed by atoms with Crippen molar-refractivity contribution in [2.75, 3.05) is 19.8 Å². The molecule has 1 aliphatic heterocycles. The van der Waals surface area contributed by atoms with Crippen LogP contribution in [0.5, 0.6) is 0 Å². The van der Waals surface area contributed by atoms with Gasteiger partial charge in [-0.05, 0) is 19.1 Å². The Bertz CT molecular complexity index is 428. The summed E-state index contributed by atoms with van der Waals surface area (Å²) in [5, 5.41) is 12.9. The molecule has 2 N–H and O–H groups in total. The van der Waals surface area contributed by atoms with Crippen molar-refractivity contribution in [3.8, 4) is 0 Å². The molecule has 0 spiro atoms. The second-order valence-electron chi connectivity index (χ2n) is 4.68. The molecule has 0 unspecified atom stereocenters. The van der Waals surface area contributed by atoms with Gasteiger partial charge in [-0.25, -0.2) is 4.98 Å². The van der Waals surface area contributed by atoms with Crippen LogP contribution in [0.1, 0.15) is 29.0 Å². The standard InChI is InChI=1S/C13H18N2O3/c1-10-3-2-4-11(15-10)12(16)14-9-13(17)5-7-18-8-6-13/h2-4,17H,5-9H2,1H3,(H,14,16). The van der Waals surface area contributed by atoms with E-state index in [1.54, 1.807) is 12.1 Å². The highest BCUT2D eigenvalue weighted by molar-refractivity contribution is 5.92. The lowest BCUT2D eigenvalue weighted by atomic mass is 9.94. The maximum atomic E-state index is 11.9. The number of rotatable bonds is 3. The molecule has 1 aromatic rings. The van der Waals surface area contributed by atoms with Crippen LogP contribution >= 0.6 is 0 Å². The number of amides is 1. The minimum absolute atomic E-state index is 0.241. The van der Waals surface area contributed by atoms with E-state index in [2.05, 4.69) is 10.3 Å². The van der Waals surface area contributed by atoms with Crippen molar-refractivity contribution < 1.29 is 14.6 Å². The summed E-state index contributed by atoms with van der Waals surface area (Å²) in [6, 6.07) is 5.29. The van der Waals surface area contributed by atoms with Gasteiger partial charge in [-0.15, -0.1) is 0 Å². The van der Waals surface area contributed by atoms with Crippen molar-refractivity contribution >= 4 is 5.91 Å². The molecule has 0 saturated carbocycles. The van der Waals surface area contributed by atoms with E-state index >= 15 is 0 Å². The molecule has 0 aliphatic carbocycles. The van der Waals surface area contributed by atoms with Crippen molar-refractivity contribution in [2.24, 2.45) is 0 Å². The van der Waals surface area contributed by atoms with E-state index in [1.807, 2.05) is 13.0 Å². The molecule has 1 amide bonds. The molecule has 1 aliphatic rings. The Morgan fingerprint density at radius 2 is 2.22 bits per heavy atom. The topological polar surface area (TPSA) is 71.5 Å². The first-order valence-corrected chi connectivity index (χ1v) is 6.11. The van der Waals surface area contributed by atoms with Gasteiger partial charge < -0.3 is 15.2 Å². The third-order valence-corrected chi connectivity index (χ3v) is 3.12. The zero-order chi connectivity index (χ0) is 13.0. The normalized spacial score (nSPS) is 18.3. The molecular weight excluding hydrogens is 232 g/mol. The lowest BCUT2D eigenvalue weighted by Gasteiger charge is -2.31. The first-order valence-electron chi connectivity index (χ1n) is 6.11. The SMILES string of the molecule is Cc1cccc(C(=O)NCC2(O)CCOCC2)n1. The highest BCUT2D eigenvalue weighted by Crippen LogP contribution is 2.19. The second kappa shape index (κ2) is 5.46. The highest BCUT2D eigenvalue weighted by Gasteiger charge is 2.30. The van der Waals surface area contributed by atoms with E-state index in [0.717, 1.165) is 5.69 Å². The predicted octanol–water partition coefficient (Wildman–Crippen LogP) is 0.661. The van der Waals surface area contributed by atoms with Crippen LogP contribution in [0, 0.1) is 6.92 Å². The fraction of sp³-hybridized carbons (Fsp3) is 0.538. The van der Waals surface area contributed by atoms with Crippen molar-refractivity contribution in [1.29, 1.82) is 0 Å². The number of aryl methyl sites for hydroxylation is 1. The number of aliphatic hydroxyl groups is 1. The Kier molecular flexibility index (Phi) is 3.93. The molecule has 2 heterocycles. The maximum Gasteiger partial charge on any atom is 0.269 e. The fourth-order valence-corrected chi connectivity index (χ4v) is 1.93. The van der Waals surface area contributed by atoms with Crippen LogP contribution in [0.25, 0.3) is 0 Å². The summed E-state index contributed by atoms with van der Waals surface area (Å²) in [6.07, 6.45) is 1.10. The number of ether oxygens (including phenoxy) is 1. The van der Waals surface area contributed by atoms with Gasteiger partial charge in [0.2, 0.25) is 0 Å². The third kappa shape index (κ3) is 3.27. The number of carbonyl (C=O) groups is 1. The molecule has 0 aromatic carbocycles. The summed E-state index contributed by atoms with van der Waals surface area (Å²) in [5.41, 5.74) is 0.329. The minimum Gasteiger partial charge on any atom is -0.388 e. The van der Waals surface area contributed by atoms with E-state index in [-0.39, 0.29) is 12.5 Å². The largest absolute Gasteiger partial charge is 0.388 e. The summed E-state index contributed by atoms with van der Waals surface area (Å²) >= 11 is 0. The predicted molar refractivity (Wildman–Crippen MR) is 66.3 cm³/mol. The number of nitrogens with zero attached hydrogens (tertiary/aromatic N) is 1. The molecule has 1 aromatic heterocycles. The Labute approximate surface area is 106 Å². The Balaban J connectivity index is 1.92. The smallest absolute Gasteiger partial charge is 0.269 e. The third-order valence-electron chi connectivity index (χ3n) is 3.12. The summed E-state index contributed by atoms with van der Waals surface area (Å²) < 4.78 is 5.19. The minimum atomic E-state index is -0.849. The van der Waals surface area contributed by atoms with Crippen molar-refractivity contribution in [3.05, 3.63) is 29.6 Å². The summed E-state index contributed by atoms with van der Waals surface area (Å²) in [4.78, 5) is 16.0. The fourth-order valence-electron chi connectivity index (χ4n) is 1.93. The van der Waals surface area contributed by atoms with Crippen molar-refractivity contribution in [1.82, 2.24) is 10.3 Å². The zero-order valence-corrected chi connectivity index (χ0v) is 10.5. The van der Waals surface area contributed by atoms with Crippen molar-refractivity contribution in [3.63, 3.8) is 0 Å². The lowest BCUT2D eigenvalue weighted by Crippen LogP contribution is -2.46. The van der Waals surface area contributed by atoms with Crippen LogP contribution in [0.15, 0.2) is 18.2 Å². The molecular formula is C13H18N2O3. The van der Waals surface area contributed by atoms with Gasteiger partial charge in [0.05, 0.1) is 5.60 Å². The van der Waals surface area contributed by atoms with Crippen molar-refractivity contribution in [2.45, 2.75) is 25.4 Å². The van der Waals surface area contributed by atoms with Gasteiger partial charge in [0.25, 0.3) is 5.91 Å². The number of nitrogens with one attached hydrogen (secondary N) is 1. The Morgan fingerprint density at radius 3 is 2.89 bits per heavy atom. The molecule has 5 nitrogen and oxygen atoms in total. The van der Waals surface area contributed by atoms with Gasteiger partial charge in [0.15, 0.2) is 0 Å². The molecule has 1 saturated heterocycles. The monoisotopic (exact) mass is 250 g/mol. The summed E-state index contributed by atoms with van der Waals surface area (Å²) in [5.74, 6) is -0.251. The molecule has 0 radical (unpaired) electrons. The second-order valence-corrected chi connectivity index (χ2v) is 4.68. The molecule has 98 valence electrons. The first-order chi connectivity index (χ1) is 8.59. The zero-order valence-electron chi connectivity index (χ0n) is 10.5. The van der Waals surface area contributed by atoms with Gasteiger partial charge >= 0.3 is 0 Å². The van der Waals surface area contributed by atoms with Crippen LogP contribution in [0.4, 0.5) is 0 Å². The van der Waals surface area contributed by atoms with Gasteiger partial charge in [-0.2, -0.15) is 0 Å². The van der Waals surface area contributed by atoms with E-state index in [1.165, 1.54) is 0 Å². The highest BCUT2D eigenvalue weighted by atomic mass is 16.5. The van der Waals surface area contributed by atoms with Crippen LogP contribution in [-0.4, -0.2) is 41.4 Å². The molecule has 0 bridgehead atoms. The van der Waals surface area contributed by atoms with Crippen LogP contribution < -0.4 is 5.32 Å². The number of hydrogen-bond acceptors (Lipinski definition) is 4. The van der Waals surface area contributed by atoms with Crippen LogP contribution in [-0.2, 0) is 4.74 Å². The molecule has 18 heavy (non-hydrogen) atoms. The van der Waals surface area contributed by atoms with Gasteiger partial charge in [-0.3, -0.25) is 4.79 Å². The van der Waals surface area contributed by atoms with E-state index < -0.39 is 5.60 Å². The quantitative estimate of drug-likeness (QED) is 0.826. The summed E-state index contributed by atoms with van der Waals surface area (Å²) in [7, 11) is 0. The molecule has 1 fully saturated rings. The van der Waals surface area contributed by atoms with Gasteiger partial charge in [0.1, 0.15) is 5.69 Å². The van der Waals surface area contributed by atoms with E-state index in [0.29, 0.717) is 31.7 Å². The van der Waals surface area contributed by atoms with Crippen LogP contribution in [0.3, 0.4) is 0 Å². The summed E-state index contributed by atoms with van der Waals surface area (Å²) in [6.45, 7) is 3.15. The number of pyridine rings is 1. The Hall–Kier alpha value is -1.46. The average Bonchev–Trinajstić information content (AvgIpc) is 2.37. The van der Waals surface area contributed by atoms with Crippen LogP contribution in [0.2, 0.25) is 0 Å². The van der Waals surface area contributed by atoms with E-state index in [4.69, 9.17) is 4.74 Å². The average molecular weight is 250 g/mol. The number of aromatic nitrogens is 1. The molecule has 0 atom stereocenters. The first kappa shape index (κ1) is 13.0. The molecule has 5 heteroatoms. The Morgan fingerprint density at radius 1 is 1.50 bits per heavy atom.